The fourth-order valence-corrected chi connectivity index (χ4v) is 5.04. The molecule has 0 radical (unpaired) electrons. The molecule has 1 saturated heterocycles. The van der Waals surface area contributed by atoms with Gasteiger partial charge in [0.25, 0.3) is 5.78 Å². The molecule has 4 aromatic rings. The second-order valence-electron chi connectivity index (χ2n) is 9.30. The van der Waals surface area contributed by atoms with Crippen LogP contribution in [0.4, 0.5) is 5.82 Å². The smallest absolute Gasteiger partial charge is 0.254 e. The quantitative estimate of drug-likeness (QED) is 0.449. The Bertz CT molecular complexity index is 1400. The number of hydrogen-bond acceptors (Lipinski definition) is 7. The van der Waals surface area contributed by atoms with Crippen molar-refractivity contribution in [1.82, 2.24) is 24.9 Å². The van der Waals surface area contributed by atoms with E-state index in [0.717, 1.165) is 66.5 Å². The van der Waals surface area contributed by atoms with E-state index in [1.807, 2.05) is 35.7 Å². The van der Waals surface area contributed by atoms with Crippen LogP contribution in [-0.4, -0.2) is 45.4 Å². The number of rotatable bonds is 6. The lowest BCUT2D eigenvalue weighted by Gasteiger charge is -2.34. The number of nitrogens with one attached hydrogen (secondary N) is 1. The highest BCUT2D eigenvalue weighted by Crippen LogP contribution is 2.33. The number of ether oxygens (including phenoxy) is 2. The maximum atomic E-state index is 13.0. The van der Waals surface area contributed by atoms with E-state index in [-0.39, 0.29) is 18.6 Å². The van der Waals surface area contributed by atoms with Gasteiger partial charge in [-0.2, -0.15) is 14.6 Å². The number of amides is 1. The van der Waals surface area contributed by atoms with Crippen LogP contribution in [0.15, 0.2) is 54.9 Å². The molecule has 184 valence electrons. The topological polar surface area (TPSA) is 93.9 Å². The summed E-state index contributed by atoms with van der Waals surface area (Å²) in [5.74, 6) is 3.17. The van der Waals surface area contributed by atoms with Crippen LogP contribution in [0.25, 0.3) is 5.78 Å². The third-order valence-electron chi connectivity index (χ3n) is 7.00. The Morgan fingerprint density at radius 1 is 1.06 bits per heavy atom. The van der Waals surface area contributed by atoms with E-state index < -0.39 is 0 Å². The van der Waals surface area contributed by atoms with Crippen LogP contribution in [0.3, 0.4) is 0 Å². The summed E-state index contributed by atoms with van der Waals surface area (Å²) in [5, 5.41) is 7.58. The summed E-state index contributed by atoms with van der Waals surface area (Å²) in [6.45, 7) is 4.28. The van der Waals surface area contributed by atoms with Crippen molar-refractivity contribution in [2.45, 2.75) is 32.7 Å². The molecule has 0 aliphatic carbocycles. The highest BCUT2D eigenvalue weighted by Gasteiger charge is 2.28. The van der Waals surface area contributed by atoms with Crippen molar-refractivity contribution >= 4 is 17.5 Å². The molecule has 0 bridgehead atoms. The van der Waals surface area contributed by atoms with Gasteiger partial charge in [0.15, 0.2) is 11.5 Å². The van der Waals surface area contributed by atoms with Gasteiger partial charge in [0.05, 0.1) is 0 Å². The Kier molecular flexibility index (Phi) is 5.88. The van der Waals surface area contributed by atoms with E-state index >= 15 is 0 Å². The van der Waals surface area contributed by atoms with Crippen molar-refractivity contribution in [2.24, 2.45) is 5.92 Å². The maximum absolute atomic E-state index is 13.0. The molecule has 0 saturated carbocycles. The fraction of sp³-hybridized carbons (Fsp3) is 0.333. The van der Waals surface area contributed by atoms with Gasteiger partial charge in [-0.1, -0.05) is 36.4 Å². The number of benzene rings is 2. The zero-order valence-electron chi connectivity index (χ0n) is 20.2. The van der Waals surface area contributed by atoms with Gasteiger partial charge in [-0.05, 0) is 43.0 Å². The predicted molar refractivity (Wildman–Crippen MR) is 134 cm³/mol. The zero-order chi connectivity index (χ0) is 24.5. The van der Waals surface area contributed by atoms with E-state index in [9.17, 15) is 4.79 Å². The molecule has 1 amide bonds. The highest BCUT2D eigenvalue weighted by atomic mass is 16.7. The standard InChI is InChI=1S/C27H28N6O3/c1-18-22(13-19-5-3-2-4-6-19)26(33-27(31-18)29-16-30-33)32-11-9-21(10-12-32)25(34)28-15-20-7-8-23-24(14-20)36-17-35-23/h2-8,14,16,21H,9-13,15,17H2,1H3,(H,28,34). The van der Waals surface area contributed by atoms with Crippen LogP contribution in [0.2, 0.25) is 0 Å². The third-order valence-corrected chi connectivity index (χ3v) is 7.00. The molecular formula is C27H28N6O3. The Hall–Kier alpha value is -4.14. The lowest BCUT2D eigenvalue weighted by molar-refractivity contribution is -0.125. The van der Waals surface area contributed by atoms with Gasteiger partial charge in [-0.3, -0.25) is 4.79 Å². The van der Waals surface area contributed by atoms with Crippen LogP contribution in [-0.2, 0) is 17.8 Å². The molecule has 2 aromatic carbocycles. The van der Waals surface area contributed by atoms with Gasteiger partial charge in [0.1, 0.15) is 12.1 Å². The van der Waals surface area contributed by atoms with Crippen molar-refractivity contribution in [1.29, 1.82) is 0 Å². The highest BCUT2D eigenvalue weighted by molar-refractivity contribution is 5.79. The SMILES string of the molecule is Cc1nc2ncnn2c(N2CCC(C(=O)NCc3ccc4c(c3)OCO4)CC2)c1Cc1ccccc1. The minimum Gasteiger partial charge on any atom is -0.454 e. The number of carbonyl (C=O) groups excluding carboxylic acids is 1. The Morgan fingerprint density at radius 3 is 2.69 bits per heavy atom. The summed E-state index contributed by atoms with van der Waals surface area (Å²) < 4.78 is 12.6. The molecule has 6 rings (SSSR count). The average Bonchev–Trinajstić information content (AvgIpc) is 3.57. The van der Waals surface area contributed by atoms with Crippen molar-refractivity contribution in [2.75, 3.05) is 24.8 Å². The van der Waals surface area contributed by atoms with Crippen molar-refractivity contribution in [3.05, 3.63) is 77.2 Å². The van der Waals surface area contributed by atoms with Crippen molar-refractivity contribution < 1.29 is 14.3 Å². The molecule has 0 atom stereocenters. The number of fused-ring (bicyclic) bond motifs is 2. The normalized spacial score (nSPS) is 15.4. The molecule has 0 unspecified atom stereocenters. The van der Waals surface area contributed by atoms with Gasteiger partial charge in [0, 0.05) is 43.2 Å². The second kappa shape index (κ2) is 9.49. The molecule has 36 heavy (non-hydrogen) atoms. The van der Waals surface area contributed by atoms with Crippen LogP contribution in [0.5, 0.6) is 11.5 Å². The van der Waals surface area contributed by atoms with Crippen LogP contribution >= 0.6 is 0 Å². The molecule has 1 N–H and O–H groups in total. The van der Waals surface area contributed by atoms with E-state index in [4.69, 9.17) is 9.47 Å². The van der Waals surface area contributed by atoms with Crippen LogP contribution in [0, 0.1) is 12.8 Å². The third kappa shape index (κ3) is 4.32. The zero-order valence-corrected chi connectivity index (χ0v) is 20.2. The predicted octanol–water partition coefficient (Wildman–Crippen LogP) is 3.29. The molecule has 1 fully saturated rings. The van der Waals surface area contributed by atoms with Gasteiger partial charge >= 0.3 is 0 Å². The maximum Gasteiger partial charge on any atom is 0.254 e. The van der Waals surface area contributed by atoms with Gasteiger partial charge in [-0.25, -0.2) is 4.98 Å². The van der Waals surface area contributed by atoms with Gasteiger partial charge < -0.3 is 19.7 Å². The first-order valence-electron chi connectivity index (χ1n) is 12.3. The Morgan fingerprint density at radius 2 is 1.86 bits per heavy atom. The number of piperidine rings is 1. The van der Waals surface area contributed by atoms with E-state index in [1.165, 1.54) is 5.56 Å². The molecule has 2 aromatic heterocycles. The summed E-state index contributed by atoms with van der Waals surface area (Å²) in [4.78, 5) is 24.3. The lowest BCUT2D eigenvalue weighted by atomic mass is 9.95. The average molecular weight is 485 g/mol. The number of carbonyl (C=O) groups is 1. The molecular weight excluding hydrogens is 456 g/mol. The van der Waals surface area contributed by atoms with Gasteiger partial charge in [-0.15, -0.1) is 0 Å². The minimum atomic E-state index is -0.0259. The Labute approximate surface area is 209 Å². The summed E-state index contributed by atoms with van der Waals surface area (Å²) in [6, 6.07) is 16.2. The summed E-state index contributed by atoms with van der Waals surface area (Å²) in [5.41, 5.74) is 4.32. The number of aryl methyl sites for hydroxylation is 1. The van der Waals surface area contributed by atoms with Gasteiger partial charge in [0.2, 0.25) is 12.7 Å². The van der Waals surface area contributed by atoms with E-state index in [0.29, 0.717) is 12.3 Å². The van der Waals surface area contributed by atoms with E-state index in [2.05, 4.69) is 49.5 Å². The molecule has 2 aliphatic rings. The largest absolute Gasteiger partial charge is 0.454 e. The lowest BCUT2D eigenvalue weighted by Crippen LogP contribution is -2.41. The number of nitrogens with zero attached hydrogens (tertiary/aromatic N) is 5. The Balaban J connectivity index is 1.15. The van der Waals surface area contributed by atoms with E-state index in [1.54, 1.807) is 6.33 Å². The number of hydrogen-bond donors (Lipinski definition) is 1. The summed E-state index contributed by atoms with van der Waals surface area (Å²) >= 11 is 0. The minimum absolute atomic E-state index is 0.0259. The number of aromatic nitrogens is 4. The first-order chi connectivity index (χ1) is 17.7. The molecule has 0 spiro atoms. The van der Waals surface area contributed by atoms with Crippen molar-refractivity contribution in [3.8, 4) is 11.5 Å². The van der Waals surface area contributed by atoms with Crippen molar-refractivity contribution in [3.63, 3.8) is 0 Å². The summed E-state index contributed by atoms with van der Waals surface area (Å²) in [7, 11) is 0. The first kappa shape index (κ1) is 22.3. The summed E-state index contributed by atoms with van der Waals surface area (Å²) in [6.07, 6.45) is 3.86. The molecule has 4 heterocycles. The first-order valence-corrected chi connectivity index (χ1v) is 12.3. The fourth-order valence-electron chi connectivity index (χ4n) is 5.04. The molecule has 9 nitrogen and oxygen atoms in total. The monoisotopic (exact) mass is 484 g/mol. The second-order valence-corrected chi connectivity index (χ2v) is 9.30. The molecule has 2 aliphatic heterocycles. The molecule has 9 heteroatoms. The van der Waals surface area contributed by atoms with Crippen LogP contribution < -0.4 is 19.7 Å². The number of anilines is 1. The van der Waals surface area contributed by atoms with Crippen LogP contribution in [0.1, 0.15) is 35.2 Å².